The van der Waals surface area contributed by atoms with Crippen molar-refractivity contribution in [2.75, 3.05) is 0 Å². The van der Waals surface area contributed by atoms with E-state index in [1.807, 2.05) is 12.1 Å². The molecule has 1 unspecified atom stereocenters. The van der Waals surface area contributed by atoms with Crippen molar-refractivity contribution < 1.29 is 4.52 Å². The van der Waals surface area contributed by atoms with Crippen molar-refractivity contribution in [3.05, 3.63) is 28.7 Å². The van der Waals surface area contributed by atoms with Crippen LogP contribution in [0.25, 0.3) is 11.5 Å². The second kappa shape index (κ2) is 6.25. The highest BCUT2D eigenvalue weighted by Crippen LogP contribution is 2.16. The number of aromatic nitrogens is 3. The summed E-state index contributed by atoms with van der Waals surface area (Å²) in [6.07, 6.45) is 3.24. The van der Waals surface area contributed by atoms with Gasteiger partial charge in [0.2, 0.25) is 11.7 Å². The summed E-state index contributed by atoms with van der Waals surface area (Å²) >= 11 is 3.34. The lowest BCUT2D eigenvalue weighted by molar-refractivity contribution is 0.359. The Labute approximate surface area is 120 Å². The first kappa shape index (κ1) is 14.1. The molecule has 0 aromatic carbocycles. The number of nitrogens with two attached hydrogens (primary N) is 1. The minimum Gasteiger partial charge on any atom is -0.339 e. The first-order valence-corrected chi connectivity index (χ1v) is 7.04. The fourth-order valence-electron chi connectivity index (χ4n) is 1.86. The minimum atomic E-state index is 0.0474. The molecule has 0 aliphatic carbocycles. The normalized spacial score (nSPS) is 12.9. The molecular weight excluding hydrogens is 308 g/mol. The van der Waals surface area contributed by atoms with Crippen LogP contribution >= 0.6 is 15.9 Å². The SMILES string of the molecule is CC(C)CC(N)Cc1nc(-c2ccc(Br)cn2)no1. The van der Waals surface area contributed by atoms with Gasteiger partial charge in [-0.05, 0) is 40.4 Å². The number of nitrogens with zero attached hydrogens (tertiary/aromatic N) is 3. The summed E-state index contributed by atoms with van der Waals surface area (Å²) in [7, 11) is 0. The lowest BCUT2D eigenvalue weighted by atomic mass is 10.0. The van der Waals surface area contributed by atoms with E-state index in [1.54, 1.807) is 6.20 Å². The third-order valence-electron chi connectivity index (χ3n) is 2.64. The van der Waals surface area contributed by atoms with E-state index in [-0.39, 0.29) is 6.04 Å². The molecule has 1 atom stereocenters. The molecule has 0 fully saturated rings. The second-order valence-electron chi connectivity index (χ2n) is 4.97. The van der Waals surface area contributed by atoms with Crippen molar-refractivity contribution in [1.82, 2.24) is 15.1 Å². The molecule has 5 nitrogen and oxygen atoms in total. The van der Waals surface area contributed by atoms with Gasteiger partial charge in [0.1, 0.15) is 5.69 Å². The van der Waals surface area contributed by atoms with Crippen molar-refractivity contribution in [2.24, 2.45) is 11.7 Å². The summed E-state index contributed by atoms with van der Waals surface area (Å²) < 4.78 is 6.12. The van der Waals surface area contributed by atoms with Crippen LogP contribution in [0.4, 0.5) is 0 Å². The number of hydrogen-bond donors (Lipinski definition) is 1. The van der Waals surface area contributed by atoms with Crippen molar-refractivity contribution in [2.45, 2.75) is 32.7 Å². The average molecular weight is 325 g/mol. The van der Waals surface area contributed by atoms with Crippen LogP contribution in [0.15, 0.2) is 27.3 Å². The zero-order chi connectivity index (χ0) is 13.8. The first-order chi connectivity index (χ1) is 9.04. The number of pyridine rings is 1. The highest BCUT2D eigenvalue weighted by Gasteiger charge is 2.14. The molecule has 0 radical (unpaired) electrons. The highest BCUT2D eigenvalue weighted by molar-refractivity contribution is 9.10. The van der Waals surface area contributed by atoms with E-state index >= 15 is 0 Å². The molecule has 2 rings (SSSR count). The Kier molecular flexibility index (Phi) is 4.66. The van der Waals surface area contributed by atoms with Gasteiger partial charge in [0.15, 0.2) is 0 Å². The number of halogens is 1. The molecule has 0 spiro atoms. The molecule has 0 bridgehead atoms. The summed E-state index contributed by atoms with van der Waals surface area (Å²) in [5.74, 6) is 1.62. The Bertz CT molecular complexity index is 524. The number of rotatable bonds is 5. The van der Waals surface area contributed by atoms with Crippen LogP contribution in [-0.2, 0) is 6.42 Å². The summed E-state index contributed by atoms with van der Waals surface area (Å²) in [5, 5.41) is 3.93. The molecule has 0 saturated heterocycles. The van der Waals surface area contributed by atoms with Gasteiger partial charge in [0.05, 0.1) is 0 Å². The molecular formula is C13H17BrN4O. The van der Waals surface area contributed by atoms with Gasteiger partial charge < -0.3 is 10.3 Å². The van der Waals surface area contributed by atoms with E-state index in [9.17, 15) is 0 Å². The lowest BCUT2D eigenvalue weighted by Crippen LogP contribution is -2.24. The van der Waals surface area contributed by atoms with Crippen molar-refractivity contribution in [3.8, 4) is 11.5 Å². The standard InChI is InChI=1S/C13H17BrN4O/c1-8(2)5-10(15)6-12-17-13(18-19-12)11-4-3-9(14)7-16-11/h3-4,7-8,10H,5-6,15H2,1-2H3. The topological polar surface area (TPSA) is 77.8 Å². The first-order valence-electron chi connectivity index (χ1n) is 6.24. The Hall–Kier alpha value is -1.27. The molecule has 6 heteroatoms. The molecule has 19 heavy (non-hydrogen) atoms. The zero-order valence-corrected chi connectivity index (χ0v) is 12.6. The molecule has 0 saturated carbocycles. The van der Waals surface area contributed by atoms with E-state index in [0.717, 1.165) is 10.9 Å². The van der Waals surface area contributed by atoms with Gasteiger partial charge in [0, 0.05) is 23.1 Å². The molecule has 2 N–H and O–H groups in total. The van der Waals surface area contributed by atoms with Gasteiger partial charge in [-0.1, -0.05) is 19.0 Å². The van der Waals surface area contributed by atoms with Crippen LogP contribution in [0.3, 0.4) is 0 Å². The molecule has 102 valence electrons. The van der Waals surface area contributed by atoms with Crippen LogP contribution in [0.1, 0.15) is 26.2 Å². The van der Waals surface area contributed by atoms with E-state index in [4.69, 9.17) is 10.3 Å². The summed E-state index contributed by atoms with van der Waals surface area (Å²) in [5.41, 5.74) is 6.72. The summed E-state index contributed by atoms with van der Waals surface area (Å²) in [6, 6.07) is 3.78. The predicted molar refractivity (Wildman–Crippen MR) is 76.4 cm³/mol. The van der Waals surface area contributed by atoms with Gasteiger partial charge in [-0.25, -0.2) is 0 Å². The highest BCUT2D eigenvalue weighted by atomic mass is 79.9. The number of hydrogen-bond acceptors (Lipinski definition) is 5. The quantitative estimate of drug-likeness (QED) is 0.914. The van der Waals surface area contributed by atoms with Gasteiger partial charge in [0.25, 0.3) is 0 Å². The smallest absolute Gasteiger partial charge is 0.228 e. The van der Waals surface area contributed by atoms with Gasteiger partial charge in [-0.2, -0.15) is 4.98 Å². The van der Waals surface area contributed by atoms with Crippen molar-refractivity contribution in [1.29, 1.82) is 0 Å². The lowest BCUT2D eigenvalue weighted by Gasteiger charge is -2.10. The van der Waals surface area contributed by atoms with E-state index < -0.39 is 0 Å². The van der Waals surface area contributed by atoms with E-state index in [0.29, 0.717) is 29.7 Å². The molecule has 0 aliphatic rings. The van der Waals surface area contributed by atoms with Crippen LogP contribution < -0.4 is 5.73 Å². The Morgan fingerprint density at radius 2 is 2.16 bits per heavy atom. The van der Waals surface area contributed by atoms with Gasteiger partial charge in [-0.3, -0.25) is 4.98 Å². The fourth-order valence-corrected chi connectivity index (χ4v) is 2.10. The van der Waals surface area contributed by atoms with Gasteiger partial charge >= 0.3 is 0 Å². The summed E-state index contributed by atoms with van der Waals surface area (Å²) in [6.45, 7) is 4.29. The minimum absolute atomic E-state index is 0.0474. The Morgan fingerprint density at radius 1 is 1.37 bits per heavy atom. The maximum Gasteiger partial charge on any atom is 0.228 e. The van der Waals surface area contributed by atoms with Crippen molar-refractivity contribution in [3.63, 3.8) is 0 Å². The van der Waals surface area contributed by atoms with Crippen LogP contribution in [0.5, 0.6) is 0 Å². The predicted octanol–water partition coefficient (Wildman–Crippen LogP) is 2.81. The third-order valence-corrected chi connectivity index (χ3v) is 3.10. The monoisotopic (exact) mass is 324 g/mol. The van der Waals surface area contributed by atoms with Crippen molar-refractivity contribution >= 4 is 15.9 Å². The Balaban J connectivity index is 2.04. The molecule has 2 heterocycles. The second-order valence-corrected chi connectivity index (χ2v) is 5.88. The molecule has 2 aromatic rings. The summed E-state index contributed by atoms with van der Waals surface area (Å²) in [4.78, 5) is 8.55. The molecule has 2 aromatic heterocycles. The van der Waals surface area contributed by atoms with Crippen LogP contribution in [-0.4, -0.2) is 21.2 Å². The Morgan fingerprint density at radius 3 is 2.79 bits per heavy atom. The van der Waals surface area contributed by atoms with Crippen LogP contribution in [0.2, 0.25) is 0 Å². The van der Waals surface area contributed by atoms with Crippen LogP contribution in [0, 0.1) is 5.92 Å². The fraction of sp³-hybridized carbons (Fsp3) is 0.462. The maximum absolute atomic E-state index is 6.02. The largest absolute Gasteiger partial charge is 0.339 e. The van der Waals surface area contributed by atoms with E-state index in [2.05, 4.69) is 44.9 Å². The molecule has 0 aliphatic heterocycles. The average Bonchev–Trinajstić information content (AvgIpc) is 2.77. The van der Waals surface area contributed by atoms with Gasteiger partial charge in [-0.15, -0.1) is 0 Å². The maximum atomic E-state index is 6.02. The zero-order valence-electron chi connectivity index (χ0n) is 11.0. The van der Waals surface area contributed by atoms with E-state index in [1.165, 1.54) is 0 Å². The molecule has 0 amide bonds. The third kappa shape index (κ3) is 4.11.